The number of aromatic nitrogens is 1. The number of halogens is 2. The molecule has 2 N–H and O–H groups in total. The highest BCUT2D eigenvalue weighted by Crippen LogP contribution is 2.37. The van der Waals surface area contributed by atoms with E-state index in [-0.39, 0.29) is 12.4 Å². The summed E-state index contributed by atoms with van der Waals surface area (Å²) in [6.45, 7) is 0. The number of aryl methyl sites for hydroxylation is 1. The van der Waals surface area contributed by atoms with E-state index in [1.807, 2.05) is 0 Å². The summed E-state index contributed by atoms with van der Waals surface area (Å²) < 4.78 is 1.15. The Kier molecular flexibility index (Phi) is 4.46. The van der Waals surface area contributed by atoms with Crippen molar-refractivity contribution in [1.29, 1.82) is 0 Å². The largest absolute Gasteiger partial charge is 0.377 e. The minimum atomic E-state index is 0. The van der Waals surface area contributed by atoms with Crippen molar-refractivity contribution >= 4 is 44.9 Å². The number of H-pyrrole nitrogens is 1. The molecule has 0 spiro atoms. The van der Waals surface area contributed by atoms with Crippen LogP contribution in [0.1, 0.15) is 30.1 Å². The van der Waals surface area contributed by atoms with E-state index in [2.05, 4.69) is 74.8 Å². The second kappa shape index (κ2) is 6.35. The van der Waals surface area contributed by atoms with E-state index in [4.69, 9.17) is 0 Å². The fraction of sp³-hybridized carbons (Fsp3) is 0.222. The van der Waals surface area contributed by atoms with E-state index in [1.54, 1.807) is 0 Å². The number of benzene rings is 2. The number of rotatable bonds is 2. The smallest absolute Gasteiger partial charge is 0.0666 e. The summed E-state index contributed by atoms with van der Waals surface area (Å²) in [4.78, 5) is 3.63. The molecule has 0 amide bonds. The van der Waals surface area contributed by atoms with Crippen LogP contribution in [0, 0.1) is 0 Å². The van der Waals surface area contributed by atoms with Gasteiger partial charge in [0, 0.05) is 26.8 Å². The first kappa shape index (κ1) is 15.4. The van der Waals surface area contributed by atoms with Crippen LogP contribution in [0.15, 0.2) is 53.0 Å². The summed E-state index contributed by atoms with van der Waals surface area (Å²) in [6, 6.07) is 17.3. The minimum absolute atomic E-state index is 0. The molecule has 1 heterocycles. The van der Waals surface area contributed by atoms with E-state index >= 15 is 0 Å². The average Bonchev–Trinajstić information content (AvgIpc) is 2.88. The van der Waals surface area contributed by atoms with Crippen molar-refractivity contribution in [1.82, 2.24) is 4.98 Å². The van der Waals surface area contributed by atoms with Crippen LogP contribution in [0.3, 0.4) is 0 Å². The molecule has 2 nitrogen and oxygen atoms in total. The molecule has 0 fully saturated rings. The second-order valence-electron chi connectivity index (χ2n) is 5.66. The molecule has 0 saturated carbocycles. The van der Waals surface area contributed by atoms with Crippen LogP contribution in [-0.2, 0) is 6.42 Å². The first-order chi connectivity index (χ1) is 10.3. The molecule has 22 heavy (non-hydrogen) atoms. The van der Waals surface area contributed by atoms with Gasteiger partial charge in [-0.2, -0.15) is 0 Å². The SMILES string of the molecule is Brc1ccc2[nH]c3c(c2c1)CCCC3Nc1ccccc1.Cl. The number of hydrogen-bond donors (Lipinski definition) is 2. The van der Waals surface area contributed by atoms with Gasteiger partial charge in [0.2, 0.25) is 0 Å². The first-order valence-electron chi connectivity index (χ1n) is 7.43. The van der Waals surface area contributed by atoms with E-state index in [0.29, 0.717) is 6.04 Å². The molecule has 0 saturated heterocycles. The van der Waals surface area contributed by atoms with Crippen LogP contribution in [-0.4, -0.2) is 4.98 Å². The summed E-state index contributed by atoms with van der Waals surface area (Å²) in [7, 11) is 0. The van der Waals surface area contributed by atoms with Gasteiger partial charge in [-0.05, 0) is 55.2 Å². The van der Waals surface area contributed by atoms with Crippen molar-refractivity contribution in [3.8, 4) is 0 Å². The molecule has 0 radical (unpaired) electrons. The third-order valence-corrected chi connectivity index (χ3v) is 4.78. The summed E-state index contributed by atoms with van der Waals surface area (Å²) in [5.74, 6) is 0. The van der Waals surface area contributed by atoms with Gasteiger partial charge in [0.25, 0.3) is 0 Å². The van der Waals surface area contributed by atoms with Crippen molar-refractivity contribution in [2.45, 2.75) is 25.3 Å². The van der Waals surface area contributed by atoms with Gasteiger partial charge in [-0.1, -0.05) is 34.1 Å². The Hall–Kier alpha value is -1.45. The molecule has 4 heteroatoms. The number of aromatic amines is 1. The predicted octanol–water partition coefficient (Wildman–Crippen LogP) is 5.84. The van der Waals surface area contributed by atoms with E-state index in [9.17, 15) is 0 Å². The number of anilines is 1. The lowest BCUT2D eigenvalue weighted by Gasteiger charge is -2.24. The molecular weight excluding hydrogens is 360 g/mol. The molecule has 1 aromatic heterocycles. The van der Waals surface area contributed by atoms with Gasteiger partial charge in [0.15, 0.2) is 0 Å². The van der Waals surface area contributed by atoms with Crippen LogP contribution in [0.2, 0.25) is 0 Å². The molecule has 114 valence electrons. The van der Waals surface area contributed by atoms with Crippen molar-refractivity contribution < 1.29 is 0 Å². The summed E-state index contributed by atoms with van der Waals surface area (Å²) in [5, 5.41) is 5.03. The quantitative estimate of drug-likeness (QED) is 0.576. The van der Waals surface area contributed by atoms with Gasteiger partial charge >= 0.3 is 0 Å². The monoisotopic (exact) mass is 376 g/mol. The number of fused-ring (bicyclic) bond motifs is 3. The lowest BCUT2D eigenvalue weighted by Crippen LogP contribution is -2.17. The Bertz CT molecular complexity index is 782. The van der Waals surface area contributed by atoms with Crippen LogP contribution in [0.25, 0.3) is 10.9 Å². The van der Waals surface area contributed by atoms with Crippen LogP contribution in [0.5, 0.6) is 0 Å². The molecule has 1 unspecified atom stereocenters. The van der Waals surface area contributed by atoms with Crippen molar-refractivity contribution in [2.75, 3.05) is 5.32 Å². The molecule has 1 aliphatic rings. The zero-order chi connectivity index (χ0) is 14.2. The Balaban J connectivity index is 0.00000144. The van der Waals surface area contributed by atoms with Crippen molar-refractivity contribution in [3.05, 3.63) is 64.3 Å². The molecule has 3 aromatic rings. The lowest BCUT2D eigenvalue weighted by molar-refractivity contribution is 0.593. The topological polar surface area (TPSA) is 27.8 Å². The second-order valence-corrected chi connectivity index (χ2v) is 6.58. The standard InChI is InChI=1S/C18H17BrN2.ClH/c19-12-9-10-16-15(11-12)14-7-4-8-17(18(14)21-16)20-13-5-2-1-3-6-13;/h1-3,5-6,9-11,17,20-21H,4,7-8H2;1H. The highest BCUT2D eigenvalue weighted by molar-refractivity contribution is 9.10. The Morgan fingerprint density at radius 1 is 1.09 bits per heavy atom. The van der Waals surface area contributed by atoms with Crippen LogP contribution in [0.4, 0.5) is 5.69 Å². The fourth-order valence-electron chi connectivity index (χ4n) is 3.31. The molecule has 2 aromatic carbocycles. The number of para-hydroxylation sites is 1. The highest BCUT2D eigenvalue weighted by atomic mass is 79.9. The summed E-state index contributed by atoms with van der Waals surface area (Å²) in [5.41, 5.74) is 5.27. The molecule has 0 aliphatic heterocycles. The molecule has 4 rings (SSSR count). The maximum Gasteiger partial charge on any atom is 0.0666 e. The van der Waals surface area contributed by atoms with Crippen LogP contribution < -0.4 is 5.32 Å². The van der Waals surface area contributed by atoms with Gasteiger partial charge < -0.3 is 10.3 Å². The third kappa shape index (κ3) is 2.75. The maximum atomic E-state index is 3.67. The normalized spacial score (nSPS) is 16.9. The Labute approximate surface area is 144 Å². The zero-order valence-corrected chi connectivity index (χ0v) is 14.5. The van der Waals surface area contributed by atoms with Gasteiger partial charge in [0.1, 0.15) is 0 Å². The Morgan fingerprint density at radius 2 is 1.91 bits per heavy atom. The average molecular weight is 378 g/mol. The van der Waals surface area contributed by atoms with E-state index in [0.717, 1.165) is 4.47 Å². The highest BCUT2D eigenvalue weighted by Gasteiger charge is 2.24. The molecule has 0 bridgehead atoms. The maximum absolute atomic E-state index is 3.67. The molecule has 1 aliphatic carbocycles. The third-order valence-electron chi connectivity index (χ3n) is 4.28. The van der Waals surface area contributed by atoms with Gasteiger partial charge in [-0.3, -0.25) is 0 Å². The number of nitrogens with one attached hydrogen (secondary N) is 2. The summed E-state index contributed by atoms with van der Waals surface area (Å²) in [6.07, 6.45) is 3.58. The predicted molar refractivity (Wildman–Crippen MR) is 99.0 cm³/mol. The molecular formula is C18H18BrClN2. The van der Waals surface area contributed by atoms with E-state index in [1.165, 1.54) is 47.1 Å². The van der Waals surface area contributed by atoms with Crippen LogP contribution >= 0.6 is 28.3 Å². The van der Waals surface area contributed by atoms with Crippen molar-refractivity contribution in [3.63, 3.8) is 0 Å². The van der Waals surface area contributed by atoms with E-state index < -0.39 is 0 Å². The zero-order valence-electron chi connectivity index (χ0n) is 12.1. The minimum Gasteiger partial charge on any atom is -0.377 e. The van der Waals surface area contributed by atoms with Gasteiger partial charge in [0.05, 0.1) is 6.04 Å². The number of hydrogen-bond acceptors (Lipinski definition) is 1. The first-order valence-corrected chi connectivity index (χ1v) is 8.22. The van der Waals surface area contributed by atoms with Crippen molar-refractivity contribution in [2.24, 2.45) is 0 Å². The Morgan fingerprint density at radius 3 is 2.73 bits per heavy atom. The molecule has 1 atom stereocenters. The lowest BCUT2D eigenvalue weighted by atomic mass is 9.91. The fourth-order valence-corrected chi connectivity index (χ4v) is 3.68. The van der Waals surface area contributed by atoms with Gasteiger partial charge in [-0.15, -0.1) is 12.4 Å². The summed E-state index contributed by atoms with van der Waals surface area (Å²) >= 11 is 3.58. The van der Waals surface area contributed by atoms with Gasteiger partial charge in [-0.25, -0.2) is 0 Å².